The quantitative estimate of drug-likeness (QED) is 0.860. The molecule has 0 amide bonds. The Labute approximate surface area is 129 Å². The van der Waals surface area contributed by atoms with Crippen molar-refractivity contribution in [3.8, 4) is 0 Å². The molecule has 2 heterocycles. The Morgan fingerprint density at radius 1 is 1.41 bits per heavy atom. The maximum atomic E-state index is 11.3. The number of carboxylic acid groups (broad SMARTS) is 1. The van der Waals surface area contributed by atoms with Crippen LogP contribution in [0.1, 0.15) is 29.9 Å². The summed E-state index contributed by atoms with van der Waals surface area (Å²) in [4.78, 5) is 15.4. The molecule has 0 aliphatic heterocycles. The molecule has 0 atom stereocenters. The lowest BCUT2D eigenvalue weighted by molar-refractivity contribution is 0.0690. The van der Waals surface area contributed by atoms with Gasteiger partial charge < -0.3 is 5.11 Å². The van der Waals surface area contributed by atoms with Crippen LogP contribution in [0.15, 0.2) is 48.2 Å². The van der Waals surface area contributed by atoms with Crippen LogP contribution in [0.4, 0.5) is 0 Å². The van der Waals surface area contributed by atoms with Gasteiger partial charge in [0.15, 0.2) is 11.3 Å². The fraction of sp³-hybridized carbons (Fsp3) is 0.235. The minimum absolute atomic E-state index is 0.0247. The number of aromatic nitrogens is 3. The van der Waals surface area contributed by atoms with E-state index < -0.39 is 5.97 Å². The van der Waals surface area contributed by atoms with Gasteiger partial charge >= 0.3 is 5.97 Å². The first kappa shape index (κ1) is 15.7. The number of allylic oxidation sites excluding steroid dienone is 5. The second-order valence-electron chi connectivity index (χ2n) is 5.34. The Balaban J connectivity index is 2.54. The van der Waals surface area contributed by atoms with E-state index in [2.05, 4.69) is 16.7 Å². The van der Waals surface area contributed by atoms with Crippen LogP contribution in [0.5, 0.6) is 0 Å². The molecular formula is C17H19N3O2. The van der Waals surface area contributed by atoms with Crippen molar-refractivity contribution in [1.82, 2.24) is 14.8 Å². The van der Waals surface area contributed by atoms with E-state index in [0.717, 1.165) is 16.5 Å². The van der Waals surface area contributed by atoms with Gasteiger partial charge in [-0.1, -0.05) is 30.4 Å². The first-order chi connectivity index (χ1) is 10.4. The summed E-state index contributed by atoms with van der Waals surface area (Å²) < 4.78 is 1.58. The lowest BCUT2D eigenvalue weighted by Gasteiger charge is -2.06. The van der Waals surface area contributed by atoms with Crippen LogP contribution in [0.3, 0.4) is 0 Å². The summed E-state index contributed by atoms with van der Waals surface area (Å²) in [5.41, 5.74) is 3.67. The van der Waals surface area contributed by atoms with Gasteiger partial charge in [0.1, 0.15) is 0 Å². The molecule has 0 saturated carbocycles. The molecule has 0 aliphatic rings. The summed E-state index contributed by atoms with van der Waals surface area (Å²) in [6, 6.07) is 1.60. The molecule has 0 aliphatic carbocycles. The monoisotopic (exact) mass is 297 g/mol. The van der Waals surface area contributed by atoms with Gasteiger partial charge in [0.05, 0.1) is 6.20 Å². The highest BCUT2D eigenvalue weighted by atomic mass is 16.4. The van der Waals surface area contributed by atoms with Crippen molar-refractivity contribution in [3.05, 3.63) is 59.5 Å². The first-order valence-electron chi connectivity index (χ1n) is 6.93. The Morgan fingerprint density at radius 2 is 2.14 bits per heavy atom. The molecule has 0 aromatic carbocycles. The van der Waals surface area contributed by atoms with Crippen LogP contribution in [0, 0.1) is 0 Å². The van der Waals surface area contributed by atoms with Gasteiger partial charge in [-0.15, -0.1) is 0 Å². The lowest BCUT2D eigenvalue weighted by Crippen LogP contribution is -2.04. The zero-order valence-corrected chi connectivity index (χ0v) is 13.0. The Morgan fingerprint density at radius 3 is 2.73 bits per heavy atom. The molecule has 2 aromatic heterocycles. The Bertz CT molecular complexity index is 794. The van der Waals surface area contributed by atoms with E-state index in [1.165, 1.54) is 5.57 Å². The van der Waals surface area contributed by atoms with Gasteiger partial charge in [0, 0.05) is 12.4 Å². The number of hydrogen-bond acceptors (Lipinski definition) is 3. The van der Waals surface area contributed by atoms with Gasteiger partial charge in [-0.2, -0.15) is 5.10 Å². The van der Waals surface area contributed by atoms with Crippen molar-refractivity contribution >= 4 is 17.0 Å². The number of nitrogens with zero attached hydrogens (tertiary/aromatic N) is 3. The molecule has 0 radical (unpaired) electrons. The summed E-state index contributed by atoms with van der Waals surface area (Å²) in [6.07, 6.45) is 8.08. The molecule has 114 valence electrons. The molecule has 5 heteroatoms. The number of aryl methyl sites for hydroxylation is 1. The van der Waals surface area contributed by atoms with Crippen molar-refractivity contribution in [1.29, 1.82) is 0 Å². The van der Waals surface area contributed by atoms with Crippen molar-refractivity contribution in [2.45, 2.75) is 20.3 Å². The smallest absolute Gasteiger partial charge is 0.354 e. The third kappa shape index (κ3) is 3.31. The van der Waals surface area contributed by atoms with Gasteiger partial charge in [0.25, 0.3) is 0 Å². The van der Waals surface area contributed by atoms with Gasteiger partial charge in [0.2, 0.25) is 0 Å². The van der Waals surface area contributed by atoms with Crippen molar-refractivity contribution in [2.24, 2.45) is 7.05 Å². The number of pyridine rings is 1. The standard InChI is InChI=1S/C17H19N3O2/c1-5-12(7-6-11(2)3)8-13-9-15(17(21)22)19-16-14(13)10-18-20(16)4/h5-7,9-10H,1,8H2,2-4H3,(H,21,22)/b12-7+. The molecule has 22 heavy (non-hydrogen) atoms. The predicted octanol–water partition coefficient (Wildman–Crippen LogP) is 3.29. The average molecular weight is 297 g/mol. The molecular weight excluding hydrogens is 278 g/mol. The number of carboxylic acids is 1. The highest BCUT2D eigenvalue weighted by Crippen LogP contribution is 2.21. The number of carbonyl (C=O) groups is 1. The molecule has 0 fully saturated rings. The van der Waals surface area contributed by atoms with Crippen LogP contribution < -0.4 is 0 Å². The summed E-state index contributed by atoms with van der Waals surface area (Å²) in [5, 5.41) is 14.3. The van der Waals surface area contributed by atoms with E-state index in [-0.39, 0.29) is 5.69 Å². The third-order valence-corrected chi connectivity index (χ3v) is 3.30. The highest BCUT2D eigenvalue weighted by molar-refractivity contribution is 5.90. The van der Waals surface area contributed by atoms with E-state index in [9.17, 15) is 9.90 Å². The van der Waals surface area contributed by atoms with Crippen molar-refractivity contribution in [2.75, 3.05) is 0 Å². The van der Waals surface area contributed by atoms with Crippen LogP contribution in [-0.4, -0.2) is 25.8 Å². The minimum atomic E-state index is -1.04. The summed E-state index contributed by atoms with van der Waals surface area (Å²) in [7, 11) is 1.75. The largest absolute Gasteiger partial charge is 0.477 e. The zero-order valence-electron chi connectivity index (χ0n) is 13.0. The number of rotatable bonds is 5. The summed E-state index contributed by atoms with van der Waals surface area (Å²) in [5.74, 6) is -1.04. The Kier molecular flexibility index (Phi) is 4.56. The molecule has 0 spiro atoms. The van der Waals surface area contributed by atoms with Crippen molar-refractivity contribution < 1.29 is 9.90 Å². The molecule has 2 aromatic rings. The van der Waals surface area contributed by atoms with E-state index in [0.29, 0.717) is 12.1 Å². The molecule has 5 nitrogen and oxygen atoms in total. The van der Waals surface area contributed by atoms with Crippen LogP contribution in [0.25, 0.3) is 11.0 Å². The number of aromatic carboxylic acids is 1. The van der Waals surface area contributed by atoms with Gasteiger partial charge in [-0.3, -0.25) is 4.68 Å². The van der Waals surface area contributed by atoms with Crippen LogP contribution >= 0.6 is 0 Å². The second kappa shape index (κ2) is 6.39. The van der Waals surface area contributed by atoms with E-state index in [4.69, 9.17) is 0 Å². The first-order valence-corrected chi connectivity index (χ1v) is 6.93. The van der Waals surface area contributed by atoms with Crippen LogP contribution in [-0.2, 0) is 13.5 Å². The zero-order chi connectivity index (χ0) is 16.3. The third-order valence-electron chi connectivity index (χ3n) is 3.30. The van der Waals surface area contributed by atoms with E-state index in [1.807, 2.05) is 26.0 Å². The Hall–Kier alpha value is -2.69. The molecule has 0 saturated heterocycles. The summed E-state index contributed by atoms with van der Waals surface area (Å²) in [6.45, 7) is 7.87. The minimum Gasteiger partial charge on any atom is -0.477 e. The molecule has 0 bridgehead atoms. The van der Waals surface area contributed by atoms with Gasteiger partial charge in [-0.05, 0) is 37.5 Å². The average Bonchev–Trinajstić information content (AvgIpc) is 2.84. The van der Waals surface area contributed by atoms with Crippen molar-refractivity contribution in [3.63, 3.8) is 0 Å². The molecule has 1 N–H and O–H groups in total. The SMILES string of the molecule is C=C/C(=C\C=C(C)C)Cc1cc(C(=O)O)nc2c1cnn2C. The fourth-order valence-corrected chi connectivity index (χ4v) is 2.13. The summed E-state index contributed by atoms with van der Waals surface area (Å²) >= 11 is 0. The number of hydrogen-bond donors (Lipinski definition) is 1. The maximum absolute atomic E-state index is 11.3. The predicted molar refractivity (Wildman–Crippen MR) is 86.9 cm³/mol. The van der Waals surface area contributed by atoms with E-state index >= 15 is 0 Å². The van der Waals surface area contributed by atoms with Crippen LogP contribution in [0.2, 0.25) is 0 Å². The second-order valence-corrected chi connectivity index (χ2v) is 5.34. The maximum Gasteiger partial charge on any atom is 0.354 e. The highest BCUT2D eigenvalue weighted by Gasteiger charge is 2.14. The lowest BCUT2D eigenvalue weighted by atomic mass is 10.0. The van der Waals surface area contributed by atoms with E-state index in [1.54, 1.807) is 30.1 Å². The van der Waals surface area contributed by atoms with Gasteiger partial charge in [-0.25, -0.2) is 9.78 Å². The molecule has 2 rings (SSSR count). The molecule has 0 unspecified atom stereocenters. The topological polar surface area (TPSA) is 68.0 Å². The fourth-order valence-electron chi connectivity index (χ4n) is 2.13. The normalized spacial score (nSPS) is 11.5. The number of fused-ring (bicyclic) bond motifs is 1.